The predicted octanol–water partition coefficient (Wildman–Crippen LogP) is 1.31. The summed E-state index contributed by atoms with van der Waals surface area (Å²) in [4.78, 5) is 26.8. The van der Waals surface area contributed by atoms with Crippen molar-refractivity contribution in [1.29, 1.82) is 0 Å². The number of benzene rings is 1. The van der Waals surface area contributed by atoms with Gasteiger partial charge in [0.2, 0.25) is 0 Å². The highest BCUT2D eigenvalue weighted by molar-refractivity contribution is 5.95. The van der Waals surface area contributed by atoms with E-state index in [0.29, 0.717) is 18.5 Å². The molecule has 0 fully saturated rings. The lowest BCUT2D eigenvalue weighted by molar-refractivity contribution is -0.137. The van der Waals surface area contributed by atoms with Gasteiger partial charge in [-0.05, 0) is 25.0 Å². The lowest BCUT2D eigenvalue weighted by atomic mass is 10.1. The quantitative estimate of drug-likeness (QED) is 0.803. The number of carboxylic acid groups (broad SMARTS) is 1. The van der Waals surface area contributed by atoms with Gasteiger partial charge in [-0.15, -0.1) is 0 Å². The van der Waals surface area contributed by atoms with Crippen molar-refractivity contribution in [2.45, 2.75) is 32.4 Å². The van der Waals surface area contributed by atoms with Gasteiger partial charge in [0.25, 0.3) is 5.91 Å². The molecule has 0 spiro atoms. The molecule has 1 aromatic carbocycles. The van der Waals surface area contributed by atoms with Crippen molar-refractivity contribution in [2.24, 2.45) is 0 Å². The maximum Gasteiger partial charge on any atom is 0.303 e. The van der Waals surface area contributed by atoms with E-state index in [9.17, 15) is 9.59 Å². The lowest BCUT2D eigenvalue weighted by Crippen LogP contribution is -2.33. The van der Waals surface area contributed by atoms with Crippen LogP contribution in [0, 0.1) is 0 Å². The fraction of sp³-hybridized carbons (Fsp3) is 0.333. The molecule has 116 valence electrons. The van der Waals surface area contributed by atoms with Gasteiger partial charge < -0.3 is 10.4 Å². The Labute approximate surface area is 128 Å². The molecule has 2 rings (SSSR count). The summed E-state index contributed by atoms with van der Waals surface area (Å²) in [6.07, 6.45) is 3.45. The highest BCUT2D eigenvalue weighted by atomic mass is 16.4. The van der Waals surface area contributed by atoms with Crippen molar-refractivity contribution in [3.05, 3.63) is 48.0 Å². The molecule has 1 amide bonds. The normalized spacial score (nSPS) is 11.9. The number of aromatic nitrogens is 3. The third-order valence-corrected chi connectivity index (χ3v) is 3.23. The monoisotopic (exact) mass is 302 g/mol. The van der Waals surface area contributed by atoms with Gasteiger partial charge in [-0.2, -0.15) is 5.10 Å². The minimum absolute atomic E-state index is 0.0298. The summed E-state index contributed by atoms with van der Waals surface area (Å²) in [5.41, 5.74) is 1.39. The molecule has 0 saturated heterocycles. The Morgan fingerprint density at radius 3 is 2.82 bits per heavy atom. The Morgan fingerprint density at radius 1 is 1.36 bits per heavy atom. The van der Waals surface area contributed by atoms with Crippen LogP contribution >= 0.6 is 0 Å². The highest BCUT2D eigenvalue weighted by Gasteiger charge is 2.14. The Morgan fingerprint density at radius 2 is 2.14 bits per heavy atom. The van der Waals surface area contributed by atoms with Gasteiger partial charge in [0.15, 0.2) is 0 Å². The fourth-order valence-corrected chi connectivity index (χ4v) is 2.08. The number of hydrogen-bond acceptors (Lipinski definition) is 4. The van der Waals surface area contributed by atoms with Crippen LogP contribution in [0.1, 0.15) is 35.7 Å². The molecule has 1 heterocycles. The molecule has 0 bridgehead atoms. The minimum Gasteiger partial charge on any atom is -0.481 e. The summed E-state index contributed by atoms with van der Waals surface area (Å²) in [6, 6.07) is 7.05. The zero-order valence-electron chi connectivity index (χ0n) is 12.3. The van der Waals surface area contributed by atoms with Gasteiger partial charge in [0.1, 0.15) is 12.7 Å². The van der Waals surface area contributed by atoms with Gasteiger partial charge in [0.05, 0.1) is 6.54 Å². The topological polar surface area (TPSA) is 97.1 Å². The summed E-state index contributed by atoms with van der Waals surface area (Å²) < 4.78 is 1.64. The van der Waals surface area contributed by atoms with Crippen LogP contribution in [0.4, 0.5) is 0 Å². The van der Waals surface area contributed by atoms with E-state index in [1.807, 2.05) is 12.1 Å². The van der Waals surface area contributed by atoms with Crippen LogP contribution < -0.4 is 5.32 Å². The second kappa shape index (κ2) is 7.35. The molecule has 0 aliphatic heterocycles. The Hall–Kier alpha value is -2.70. The summed E-state index contributed by atoms with van der Waals surface area (Å²) in [5.74, 6) is -1.08. The predicted molar refractivity (Wildman–Crippen MR) is 79.4 cm³/mol. The van der Waals surface area contributed by atoms with Gasteiger partial charge in [-0.3, -0.25) is 9.59 Å². The number of aliphatic carboxylic acids is 1. The van der Waals surface area contributed by atoms with E-state index in [1.54, 1.807) is 30.1 Å². The first-order valence-corrected chi connectivity index (χ1v) is 6.99. The average molecular weight is 302 g/mol. The first-order valence-electron chi connectivity index (χ1n) is 6.99. The zero-order chi connectivity index (χ0) is 15.9. The Balaban J connectivity index is 2.04. The number of carbonyl (C=O) groups excluding carboxylic acids is 1. The van der Waals surface area contributed by atoms with E-state index in [-0.39, 0.29) is 18.4 Å². The summed E-state index contributed by atoms with van der Waals surface area (Å²) in [7, 11) is 0. The van der Waals surface area contributed by atoms with E-state index < -0.39 is 5.97 Å². The lowest BCUT2D eigenvalue weighted by Gasteiger charge is -2.15. The van der Waals surface area contributed by atoms with Gasteiger partial charge >= 0.3 is 5.97 Å². The SMILES string of the molecule is CC(CCC(=O)O)NC(=O)c1ccccc1Cn1cncn1. The molecule has 7 heteroatoms. The molecule has 1 unspecified atom stereocenters. The standard InChI is InChI=1S/C15H18N4O3/c1-11(6-7-14(20)21)18-15(22)13-5-3-2-4-12(13)8-19-10-16-9-17-19/h2-5,9-11H,6-8H2,1H3,(H,18,22)(H,20,21). The number of hydrogen-bond donors (Lipinski definition) is 2. The van der Waals surface area contributed by atoms with E-state index in [4.69, 9.17) is 5.11 Å². The van der Waals surface area contributed by atoms with E-state index in [2.05, 4.69) is 15.4 Å². The van der Waals surface area contributed by atoms with Crippen LogP contribution in [0.15, 0.2) is 36.9 Å². The first-order chi connectivity index (χ1) is 10.6. The van der Waals surface area contributed by atoms with Crippen LogP contribution in [0.3, 0.4) is 0 Å². The molecule has 2 N–H and O–H groups in total. The second-order valence-electron chi connectivity index (χ2n) is 5.06. The molecule has 0 saturated carbocycles. The molecule has 0 radical (unpaired) electrons. The number of amides is 1. The van der Waals surface area contributed by atoms with Crippen LogP contribution in [0.2, 0.25) is 0 Å². The molecule has 1 atom stereocenters. The Bertz CT molecular complexity index is 640. The molecule has 22 heavy (non-hydrogen) atoms. The van der Waals surface area contributed by atoms with Crippen molar-refractivity contribution >= 4 is 11.9 Å². The fourth-order valence-electron chi connectivity index (χ4n) is 2.08. The van der Waals surface area contributed by atoms with Crippen molar-refractivity contribution < 1.29 is 14.7 Å². The van der Waals surface area contributed by atoms with Crippen LogP contribution in [-0.4, -0.2) is 37.8 Å². The van der Waals surface area contributed by atoms with E-state index in [0.717, 1.165) is 5.56 Å². The second-order valence-corrected chi connectivity index (χ2v) is 5.06. The minimum atomic E-state index is -0.868. The summed E-state index contributed by atoms with van der Waals surface area (Å²) in [5, 5.41) is 15.5. The largest absolute Gasteiger partial charge is 0.481 e. The molecule has 7 nitrogen and oxygen atoms in total. The molecular formula is C15H18N4O3. The number of carbonyl (C=O) groups is 2. The van der Waals surface area contributed by atoms with Crippen LogP contribution in [0.5, 0.6) is 0 Å². The number of rotatable bonds is 7. The van der Waals surface area contributed by atoms with Crippen LogP contribution in [-0.2, 0) is 11.3 Å². The third kappa shape index (κ3) is 4.41. The molecule has 0 aliphatic carbocycles. The summed E-state index contributed by atoms with van der Waals surface area (Å²) in [6.45, 7) is 2.24. The maximum atomic E-state index is 12.3. The Kier molecular flexibility index (Phi) is 5.24. The highest BCUT2D eigenvalue weighted by Crippen LogP contribution is 2.11. The molecule has 0 aliphatic rings. The molecule has 2 aromatic rings. The van der Waals surface area contributed by atoms with Crippen molar-refractivity contribution in [1.82, 2.24) is 20.1 Å². The maximum absolute atomic E-state index is 12.3. The van der Waals surface area contributed by atoms with Gasteiger partial charge in [-0.25, -0.2) is 9.67 Å². The van der Waals surface area contributed by atoms with Gasteiger partial charge in [0, 0.05) is 18.0 Å². The van der Waals surface area contributed by atoms with Crippen molar-refractivity contribution in [3.8, 4) is 0 Å². The van der Waals surface area contributed by atoms with E-state index >= 15 is 0 Å². The number of carboxylic acids is 1. The molecular weight excluding hydrogens is 284 g/mol. The third-order valence-electron chi connectivity index (χ3n) is 3.23. The van der Waals surface area contributed by atoms with Gasteiger partial charge in [-0.1, -0.05) is 18.2 Å². The van der Waals surface area contributed by atoms with E-state index in [1.165, 1.54) is 6.33 Å². The molecule has 1 aromatic heterocycles. The smallest absolute Gasteiger partial charge is 0.303 e. The van der Waals surface area contributed by atoms with Crippen molar-refractivity contribution in [3.63, 3.8) is 0 Å². The summed E-state index contributed by atoms with van der Waals surface area (Å²) >= 11 is 0. The zero-order valence-corrected chi connectivity index (χ0v) is 12.3. The van der Waals surface area contributed by atoms with Crippen molar-refractivity contribution in [2.75, 3.05) is 0 Å². The van der Waals surface area contributed by atoms with Crippen LogP contribution in [0.25, 0.3) is 0 Å². The average Bonchev–Trinajstić information content (AvgIpc) is 2.98. The number of nitrogens with zero attached hydrogens (tertiary/aromatic N) is 3. The first kappa shape index (κ1) is 15.7. The number of nitrogens with one attached hydrogen (secondary N) is 1.